The SMILES string of the molecule is CCCCCCCCCCCCCCCCCCCCC(C(=O)O)C(O)CCCCCCCCCCCCCCCCCCCCCCCCCCCCC(OC)C(C)CCCCCCCCCCCCCCCCCC. The minimum atomic E-state index is -0.801. The first kappa shape index (κ1) is 76.4. The second-order valence-corrected chi connectivity index (χ2v) is 25.9. The van der Waals surface area contributed by atoms with E-state index in [0.29, 0.717) is 24.9 Å². The maximum Gasteiger partial charge on any atom is 0.309 e. The maximum absolute atomic E-state index is 11.9. The number of rotatable bonds is 69. The number of carboxylic acids is 1. The summed E-state index contributed by atoms with van der Waals surface area (Å²) in [6, 6.07) is 0. The highest BCUT2D eigenvalue weighted by atomic mass is 16.5. The first-order valence-corrected chi connectivity index (χ1v) is 36.4. The molecule has 0 heterocycles. The van der Waals surface area contributed by atoms with Crippen molar-refractivity contribution in [1.82, 2.24) is 0 Å². The van der Waals surface area contributed by atoms with Gasteiger partial charge in [0.15, 0.2) is 0 Å². The molecule has 4 heteroatoms. The van der Waals surface area contributed by atoms with Gasteiger partial charge in [0, 0.05) is 7.11 Å². The average Bonchev–Trinajstić information content (AvgIpc) is 3.42. The van der Waals surface area contributed by atoms with Gasteiger partial charge in [0.1, 0.15) is 0 Å². The number of carbonyl (C=O) groups is 1. The van der Waals surface area contributed by atoms with E-state index in [1.807, 2.05) is 7.11 Å². The summed E-state index contributed by atoms with van der Waals surface area (Å²) in [6.07, 6.45) is 86.8. The Kier molecular flexibility index (Phi) is 65.7. The lowest BCUT2D eigenvalue weighted by Crippen LogP contribution is -2.28. The number of carboxylic acid groups (broad SMARTS) is 1. The molecule has 0 amide bonds. The van der Waals surface area contributed by atoms with Crippen LogP contribution in [-0.4, -0.2) is 35.5 Å². The number of hydrogen-bond donors (Lipinski definition) is 2. The van der Waals surface area contributed by atoms with Crippen molar-refractivity contribution in [2.75, 3.05) is 7.11 Å². The minimum absolute atomic E-state index is 0.466. The molecule has 0 aliphatic heterocycles. The molecule has 77 heavy (non-hydrogen) atoms. The van der Waals surface area contributed by atoms with Gasteiger partial charge in [-0.2, -0.15) is 0 Å². The normalized spacial score (nSPS) is 13.4. The van der Waals surface area contributed by atoms with Crippen LogP contribution in [-0.2, 0) is 9.53 Å². The summed E-state index contributed by atoms with van der Waals surface area (Å²) in [5.41, 5.74) is 0. The van der Waals surface area contributed by atoms with Crippen molar-refractivity contribution in [3.05, 3.63) is 0 Å². The molecule has 0 aromatic carbocycles. The largest absolute Gasteiger partial charge is 0.481 e. The molecule has 0 aromatic rings. The van der Waals surface area contributed by atoms with Crippen LogP contribution in [0.4, 0.5) is 0 Å². The Morgan fingerprint density at radius 3 is 0.675 bits per heavy atom. The van der Waals surface area contributed by atoms with Crippen LogP contribution in [0.25, 0.3) is 0 Å². The first-order valence-electron chi connectivity index (χ1n) is 36.4. The van der Waals surface area contributed by atoms with Crippen molar-refractivity contribution in [2.45, 2.75) is 444 Å². The van der Waals surface area contributed by atoms with Gasteiger partial charge >= 0.3 is 5.97 Å². The molecule has 462 valence electrons. The van der Waals surface area contributed by atoms with Crippen molar-refractivity contribution >= 4 is 5.97 Å². The molecule has 0 saturated carbocycles. The molecule has 4 nitrogen and oxygen atoms in total. The number of aliphatic hydroxyl groups is 1. The Hall–Kier alpha value is -0.610. The number of aliphatic carboxylic acids is 1. The van der Waals surface area contributed by atoms with Gasteiger partial charge in [-0.05, 0) is 31.6 Å². The van der Waals surface area contributed by atoms with Gasteiger partial charge in [0.25, 0.3) is 0 Å². The van der Waals surface area contributed by atoms with Gasteiger partial charge in [0.2, 0.25) is 0 Å². The van der Waals surface area contributed by atoms with Crippen LogP contribution in [0.15, 0.2) is 0 Å². The van der Waals surface area contributed by atoms with E-state index in [1.165, 1.54) is 372 Å². The zero-order chi connectivity index (χ0) is 55.8. The second kappa shape index (κ2) is 66.2. The van der Waals surface area contributed by atoms with Crippen LogP contribution in [0.3, 0.4) is 0 Å². The highest BCUT2D eigenvalue weighted by Crippen LogP contribution is 2.25. The molecular formula is C73H146O4. The van der Waals surface area contributed by atoms with Crippen LogP contribution in [0.5, 0.6) is 0 Å². The van der Waals surface area contributed by atoms with Crippen molar-refractivity contribution in [1.29, 1.82) is 0 Å². The molecule has 0 spiro atoms. The molecular weight excluding hydrogens is 941 g/mol. The smallest absolute Gasteiger partial charge is 0.309 e. The summed E-state index contributed by atoms with van der Waals surface area (Å²) < 4.78 is 5.97. The number of hydrogen-bond acceptors (Lipinski definition) is 3. The van der Waals surface area contributed by atoms with E-state index in [-0.39, 0.29) is 0 Å². The van der Waals surface area contributed by atoms with Crippen molar-refractivity contribution in [2.24, 2.45) is 11.8 Å². The molecule has 0 saturated heterocycles. The lowest BCUT2D eigenvalue weighted by molar-refractivity contribution is -0.146. The molecule has 0 radical (unpaired) electrons. The molecule has 0 rings (SSSR count). The standard InChI is InChI=1S/C73H146O4/c1-5-7-9-11-13-15-17-19-21-23-34-38-42-46-50-54-58-62-66-70(73(75)76)71(74)67-63-59-55-51-47-43-39-35-32-30-28-26-24-25-27-29-31-33-36-40-44-48-52-56-60-64-68-72(77-4)69(3)65-61-57-53-49-45-41-37-22-20-18-16-14-12-10-8-6-2/h69-72,74H,5-68H2,1-4H3,(H,75,76). The monoisotopic (exact) mass is 1090 g/mol. The Labute approximate surface area is 486 Å². The molecule has 0 bridgehead atoms. The third-order valence-corrected chi connectivity index (χ3v) is 18.3. The van der Waals surface area contributed by atoms with Crippen LogP contribution < -0.4 is 0 Å². The number of aliphatic hydroxyl groups excluding tert-OH is 1. The lowest BCUT2D eigenvalue weighted by atomic mass is 9.91. The fraction of sp³-hybridized carbons (Fsp3) is 0.986. The van der Waals surface area contributed by atoms with Crippen LogP contribution >= 0.6 is 0 Å². The average molecular weight is 1090 g/mol. The Balaban J connectivity index is 3.42. The lowest BCUT2D eigenvalue weighted by Gasteiger charge is -2.22. The van der Waals surface area contributed by atoms with Crippen LogP contribution in [0.2, 0.25) is 0 Å². The minimum Gasteiger partial charge on any atom is -0.481 e. The summed E-state index contributed by atoms with van der Waals surface area (Å²) in [6.45, 7) is 7.04. The van der Waals surface area contributed by atoms with E-state index in [4.69, 9.17) is 4.74 Å². The maximum atomic E-state index is 11.9. The summed E-state index contributed by atoms with van der Waals surface area (Å²) in [7, 11) is 1.95. The molecule has 4 atom stereocenters. The van der Waals surface area contributed by atoms with Gasteiger partial charge in [-0.3, -0.25) is 4.79 Å². The quantitative estimate of drug-likeness (QED) is 0.0596. The first-order chi connectivity index (χ1) is 38.0. The predicted molar refractivity (Wildman–Crippen MR) is 344 cm³/mol. The molecule has 0 fully saturated rings. The van der Waals surface area contributed by atoms with Gasteiger partial charge in [0.05, 0.1) is 18.1 Å². The summed E-state index contributed by atoms with van der Waals surface area (Å²) >= 11 is 0. The third-order valence-electron chi connectivity index (χ3n) is 18.3. The molecule has 0 aromatic heterocycles. The molecule has 4 unspecified atom stereocenters. The van der Waals surface area contributed by atoms with E-state index in [2.05, 4.69) is 20.8 Å². The fourth-order valence-electron chi connectivity index (χ4n) is 12.7. The van der Waals surface area contributed by atoms with E-state index < -0.39 is 18.0 Å². The Morgan fingerprint density at radius 2 is 0.468 bits per heavy atom. The van der Waals surface area contributed by atoms with Gasteiger partial charge in [-0.1, -0.05) is 406 Å². The summed E-state index contributed by atoms with van der Waals surface area (Å²) in [5, 5.41) is 20.5. The molecule has 2 N–H and O–H groups in total. The molecule has 0 aliphatic rings. The third kappa shape index (κ3) is 59.8. The van der Waals surface area contributed by atoms with Crippen molar-refractivity contribution in [3.8, 4) is 0 Å². The zero-order valence-electron chi connectivity index (χ0n) is 53.8. The molecule has 0 aliphatic carbocycles. The van der Waals surface area contributed by atoms with Crippen molar-refractivity contribution in [3.63, 3.8) is 0 Å². The zero-order valence-corrected chi connectivity index (χ0v) is 53.8. The number of ether oxygens (including phenoxy) is 1. The Morgan fingerprint density at radius 1 is 0.286 bits per heavy atom. The van der Waals surface area contributed by atoms with E-state index in [1.54, 1.807) is 0 Å². The van der Waals surface area contributed by atoms with Crippen molar-refractivity contribution < 1.29 is 19.7 Å². The van der Waals surface area contributed by atoms with E-state index in [9.17, 15) is 15.0 Å². The van der Waals surface area contributed by atoms with Gasteiger partial charge in [-0.15, -0.1) is 0 Å². The van der Waals surface area contributed by atoms with Gasteiger partial charge < -0.3 is 14.9 Å². The fourth-order valence-corrected chi connectivity index (χ4v) is 12.7. The Bertz CT molecular complexity index is 1080. The second-order valence-electron chi connectivity index (χ2n) is 25.9. The summed E-state index contributed by atoms with van der Waals surface area (Å²) in [5.74, 6) is -0.677. The number of unbranched alkanes of at least 4 members (excludes halogenated alkanes) is 57. The van der Waals surface area contributed by atoms with Gasteiger partial charge in [-0.25, -0.2) is 0 Å². The van der Waals surface area contributed by atoms with Crippen LogP contribution in [0.1, 0.15) is 432 Å². The topological polar surface area (TPSA) is 66.8 Å². The van der Waals surface area contributed by atoms with Crippen LogP contribution in [0, 0.1) is 11.8 Å². The van der Waals surface area contributed by atoms with E-state index in [0.717, 1.165) is 25.7 Å². The van der Waals surface area contributed by atoms with E-state index >= 15 is 0 Å². The summed E-state index contributed by atoms with van der Waals surface area (Å²) in [4.78, 5) is 11.9. The highest BCUT2D eigenvalue weighted by Gasteiger charge is 2.25. The number of methoxy groups -OCH3 is 1. The predicted octanol–water partition coefficient (Wildman–Crippen LogP) is 25.7. The highest BCUT2D eigenvalue weighted by molar-refractivity contribution is 5.70.